The van der Waals surface area contributed by atoms with Gasteiger partial charge in [0.05, 0.1) is 7.11 Å². The number of nitrogens with one attached hydrogen (secondary N) is 1. The van der Waals surface area contributed by atoms with E-state index in [-0.39, 0.29) is 6.03 Å². The van der Waals surface area contributed by atoms with Crippen LogP contribution in [0.3, 0.4) is 0 Å². The number of benzene rings is 1. The second kappa shape index (κ2) is 7.79. The molecule has 0 bridgehead atoms. The van der Waals surface area contributed by atoms with Crippen LogP contribution in [0.2, 0.25) is 0 Å². The molecule has 0 aliphatic carbocycles. The largest absolute Gasteiger partial charge is 0.481 e. The van der Waals surface area contributed by atoms with Crippen molar-refractivity contribution in [3.63, 3.8) is 0 Å². The van der Waals surface area contributed by atoms with Crippen LogP contribution in [0, 0.1) is 0 Å². The van der Waals surface area contributed by atoms with Crippen LogP contribution in [0.1, 0.15) is 11.1 Å². The van der Waals surface area contributed by atoms with Crippen LogP contribution in [-0.2, 0) is 13.1 Å². The molecular formula is C16H18BrN3O2. The third-order valence-electron chi connectivity index (χ3n) is 3.13. The van der Waals surface area contributed by atoms with Gasteiger partial charge in [-0.2, -0.15) is 0 Å². The second-order valence-electron chi connectivity index (χ2n) is 4.85. The van der Waals surface area contributed by atoms with Gasteiger partial charge in [-0.05, 0) is 29.3 Å². The Hall–Kier alpha value is -2.08. The van der Waals surface area contributed by atoms with Crippen molar-refractivity contribution in [1.82, 2.24) is 15.2 Å². The summed E-state index contributed by atoms with van der Waals surface area (Å²) in [6, 6.07) is 11.4. The molecule has 0 atom stereocenters. The lowest BCUT2D eigenvalue weighted by molar-refractivity contribution is 0.206. The minimum atomic E-state index is -0.126. The number of aromatic nitrogens is 1. The first-order valence-corrected chi connectivity index (χ1v) is 7.60. The number of carbonyl (C=O) groups excluding carboxylic acids is 1. The molecule has 0 aliphatic rings. The smallest absolute Gasteiger partial charge is 0.317 e. The lowest BCUT2D eigenvalue weighted by Gasteiger charge is -2.18. The molecule has 0 spiro atoms. The van der Waals surface area contributed by atoms with Crippen LogP contribution in [0.25, 0.3) is 0 Å². The standard InChI is InChI=1S/C16H18BrN3O2/c1-20(11-12-3-5-14(17)6-4-12)16(21)19-10-13-7-8-18-15(9-13)22-2/h3-9H,10-11H2,1-2H3,(H,19,21). The summed E-state index contributed by atoms with van der Waals surface area (Å²) >= 11 is 3.39. The number of methoxy groups -OCH3 is 1. The summed E-state index contributed by atoms with van der Waals surface area (Å²) < 4.78 is 6.08. The van der Waals surface area contributed by atoms with E-state index in [0.29, 0.717) is 19.0 Å². The number of pyridine rings is 1. The maximum Gasteiger partial charge on any atom is 0.317 e. The van der Waals surface area contributed by atoms with Crippen molar-refractivity contribution in [1.29, 1.82) is 0 Å². The van der Waals surface area contributed by atoms with E-state index < -0.39 is 0 Å². The Morgan fingerprint density at radius 1 is 1.27 bits per heavy atom. The lowest BCUT2D eigenvalue weighted by Crippen LogP contribution is -2.36. The minimum Gasteiger partial charge on any atom is -0.481 e. The number of hydrogen-bond donors (Lipinski definition) is 1. The Kier molecular flexibility index (Phi) is 5.77. The van der Waals surface area contributed by atoms with Crippen LogP contribution in [0.5, 0.6) is 5.88 Å². The summed E-state index contributed by atoms with van der Waals surface area (Å²) in [5.41, 5.74) is 2.02. The average molecular weight is 364 g/mol. The molecule has 2 rings (SSSR count). The van der Waals surface area contributed by atoms with Crippen molar-refractivity contribution in [2.45, 2.75) is 13.1 Å². The van der Waals surface area contributed by atoms with E-state index in [9.17, 15) is 4.79 Å². The van der Waals surface area contributed by atoms with E-state index in [2.05, 4.69) is 26.2 Å². The first kappa shape index (κ1) is 16.3. The van der Waals surface area contributed by atoms with Crippen LogP contribution in [0.15, 0.2) is 47.1 Å². The van der Waals surface area contributed by atoms with E-state index in [1.54, 1.807) is 31.3 Å². The first-order chi connectivity index (χ1) is 10.6. The predicted octanol–water partition coefficient (Wildman–Crippen LogP) is 3.19. The third-order valence-corrected chi connectivity index (χ3v) is 3.66. The molecule has 2 amide bonds. The summed E-state index contributed by atoms with van der Waals surface area (Å²) in [6.07, 6.45) is 1.66. The zero-order valence-corrected chi connectivity index (χ0v) is 14.1. The monoisotopic (exact) mass is 363 g/mol. The van der Waals surface area contributed by atoms with Crippen molar-refractivity contribution in [2.75, 3.05) is 14.2 Å². The molecule has 1 N–H and O–H groups in total. The molecule has 1 aromatic heterocycles. The Morgan fingerprint density at radius 2 is 2.00 bits per heavy atom. The Morgan fingerprint density at radius 3 is 2.68 bits per heavy atom. The van der Waals surface area contributed by atoms with E-state index in [1.165, 1.54) is 0 Å². The van der Waals surface area contributed by atoms with Crippen molar-refractivity contribution in [3.8, 4) is 5.88 Å². The van der Waals surface area contributed by atoms with Gasteiger partial charge in [-0.1, -0.05) is 28.1 Å². The number of ether oxygens (including phenoxy) is 1. The maximum atomic E-state index is 12.1. The number of rotatable bonds is 5. The van der Waals surface area contributed by atoms with Gasteiger partial charge in [0.2, 0.25) is 5.88 Å². The number of carbonyl (C=O) groups is 1. The van der Waals surface area contributed by atoms with Crippen molar-refractivity contribution >= 4 is 22.0 Å². The first-order valence-electron chi connectivity index (χ1n) is 6.81. The molecule has 0 fully saturated rings. The highest BCUT2D eigenvalue weighted by molar-refractivity contribution is 9.10. The summed E-state index contributed by atoms with van der Waals surface area (Å²) in [6.45, 7) is 0.987. The molecular weight excluding hydrogens is 346 g/mol. The SMILES string of the molecule is COc1cc(CNC(=O)N(C)Cc2ccc(Br)cc2)ccn1. The summed E-state index contributed by atoms with van der Waals surface area (Å²) in [7, 11) is 3.33. The van der Waals surface area contributed by atoms with Crippen LogP contribution >= 0.6 is 15.9 Å². The molecule has 116 valence electrons. The predicted molar refractivity (Wildman–Crippen MR) is 88.6 cm³/mol. The lowest BCUT2D eigenvalue weighted by atomic mass is 10.2. The molecule has 5 nitrogen and oxygen atoms in total. The summed E-state index contributed by atoms with van der Waals surface area (Å²) in [4.78, 5) is 17.8. The van der Waals surface area contributed by atoms with Crippen LogP contribution in [0.4, 0.5) is 4.79 Å². The van der Waals surface area contributed by atoms with Crippen molar-refractivity contribution in [3.05, 3.63) is 58.2 Å². The fraction of sp³-hybridized carbons (Fsp3) is 0.250. The fourth-order valence-corrected chi connectivity index (χ4v) is 2.18. The Labute approximate surface area is 138 Å². The molecule has 0 saturated carbocycles. The number of amides is 2. The molecule has 1 heterocycles. The number of halogens is 1. The number of urea groups is 1. The zero-order valence-electron chi connectivity index (χ0n) is 12.5. The van der Waals surface area contributed by atoms with Gasteiger partial charge in [-0.3, -0.25) is 0 Å². The molecule has 1 aromatic carbocycles. The quantitative estimate of drug-likeness (QED) is 0.887. The fourth-order valence-electron chi connectivity index (χ4n) is 1.92. The average Bonchev–Trinajstić information content (AvgIpc) is 2.54. The summed E-state index contributed by atoms with van der Waals surface area (Å²) in [5.74, 6) is 0.537. The van der Waals surface area contributed by atoms with E-state index >= 15 is 0 Å². The third kappa shape index (κ3) is 4.73. The molecule has 22 heavy (non-hydrogen) atoms. The molecule has 0 unspecified atom stereocenters. The van der Waals surface area contributed by atoms with Gasteiger partial charge in [-0.15, -0.1) is 0 Å². The van der Waals surface area contributed by atoms with Gasteiger partial charge in [0.15, 0.2) is 0 Å². The molecule has 6 heteroatoms. The molecule has 0 radical (unpaired) electrons. The van der Waals surface area contributed by atoms with Crippen molar-refractivity contribution in [2.24, 2.45) is 0 Å². The van der Waals surface area contributed by atoms with Gasteiger partial charge in [0, 0.05) is 36.9 Å². The van der Waals surface area contributed by atoms with Gasteiger partial charge < -0.3 is 15.0 Å². The van der Waals surface area contributed by atoms with Gasteiger partial charge in [0.25, 0.3) is 0 Å². The second-order valence-corrected chi connectivity index (χ2v) is 5.76. The van der Waals surface area contributed by atoms with Crippen molar-refractivity contribution < 1.29 is 9.53 Å². The van der Waals surface area contributed by atoms with Gasteiger partial charge in [0.1, 0.15) is 0 Å². The maximum absolute atomic E-state index is 12.1. The molecule has 2 aromatic rings. The zero-order chi connectivity index (χ0) is 15.9. The number of hydrogen-bond acceptors (Lipinski definition) is 3. The Bertz CT molecular complexity index is 632. The normalized spacial score (nSPS) is 10.1. The molecule has 0 saturated heterocycles. The van der Waals surface area contributed by atoms with Gasteiger partial charge >= 0.3 is 6.03 Å². The van der Waals surface area contributed by atoms with E-state index in [0.717, 1.165) is 15.6 Å². The Balaban J connectivity index is 1.86. The highest BCUT2D eigenvalue weighted by Crippen LogP contribution is 2.12. The summed E-state index contributed by atoms with van der Waals surface area (Å²) in [5, 5.41) is 2.88. The van der Waals surface area contributed by atoms with E-state index in [1.807, 2.05) is 30.3 Å². The van der Waals surface area contributed by atoms with Crippen LogP contribution in [-0.4, -0.2) is 30.1 Å². The van der Waals surface area contributed by atoms with Crippen LogP contribution < -0.4 is 10.1 Å². The minimum absolute atomic E-state index is 0.126. The highest BCUT2D eigenvalue weighted by Gasteiger charge is 2.09. The molecule has 0 aliphatic heterocycles. The van der Waals surface area contributed by atoms with E-state index in [4.69, 9.17) is 4.74 Å². The topological polar surface area (TPSA) is 54.5 Å². The highest BCUT2D eigenvalue weighted by atomic mass is 79.9. The van der Waals surface area contributed by atoms with Gasteiger partial charge in [-0.25, -0.2) is 9.78 Å². The number of nitrogens with zero attached hydrogens (tertiary/aromatic N) is 2.